The van der Waals surface area contributed by atoms with Gasteiger partial charge in [0.1, 0.15) is 11.0 Å². The van der Waals surface area contributed by atoms with Gasteiger partial charge in [0.25, 0.3) is 0 Å². The molecule has 1 aromatic carbocycles. The van der Waals surface area contributed by atoms with Crippen molar-refractivity contribution in [3.8, 4) is 0 Å². The Bertz CT molecular complexity index is 665. The fraction of sp³-hybridized carbons (Fsp3) is 0.154. The van der Waals surface area contributed by atoms with E-state index in [-0.39, 0.29) is 5.56 Å². The van der Waals surface area contributed by atoms with E-state index in [1.807, 2.05) is 0 Å². The number of rotatable bonds is 3. The van der Waals surface area contributed by atoms with Gasteiger partial charge in [-0.15, -0.1) is 0 Å². The van der Waals surface area contributed by atoms with E-state index >= 15 is 0 Å². The smallest absolute Gasteiger partial charge is 0.313 e. The van der Waals surface area contributed by atoms with Gasteiger partial charge in [0, 0.05) is 7.05 Å². The average Bonchev–Trinajstić information content (AvgIpc) is 2.65. The lowest BCUT2D eigenvalue weighted by Gasteiger charge is -1.97. The van der Waals surface area contributed by atoms with Crippen molar-refractivity contribution in [1.29, 1.82) is 0 Å². The predicted molar refractivity (Wildman–Crippen MR) is 72.4 cm³/mol. The van der Waals surface area contributed by atoms with Gasteiger partial charge in [-0.25, -0.2) is 9.18 Å². The molecule has 0 atom stereocenters. The highest BCUT2D eigenvalue weighted by molar-refractivity contribution is 6.32. The zero-order valence-electron chi connectivity index (χ0n) is 10.8. The highest BCUT2D eigenvalue weighted by Crippen LogP contribution is 2.16. The maximum absolute atomic E-state index is 12.7. The van der Waals surface area contributed by atoms with E-state index in [9.17, 15) is 9.18 Å². The third-order valence-electron chi connectivity index (χ3n) is 2.59. The van der Waals surface area contributed by atoms with E-state index in [0.29, 0.717) is 16.4 Å². The van der Waals surface area contributed by atoms with Gasteiger partial charge in [0.15, 0.2) is 0 Å². The van der Waals surface area contributed by atoms with Crippen molar-refractivity contribution >= 4 is 23.8 Å². The van der Waals surface area contributed by atoms with Crippen molar-refractivity contribution in [3.05, 3.63) is 52.1 Å². The van der Waals surface area contributed by atoms with Crippen molar-refractivity contribution in [1.82, 2.24) is 9.78 Å². The van der Waals surface area contributed by atoms with Gasteiger partial charge in [-0.1, -0.05) is 16.8 Å². The number of hydrogen-bond acceptors (Lipinski definition) is 4. The minimum atomic E-state index is -0.682. The topological polar surface area (TPSA) is 56.5 Å². The maximum atomic E-state index is 12.7. The Labute approximate surface area is 119 Å². The molecule has 0 radical (unpaired) electrons. The molecule has 0 aliphatic carbocycles. The van der Waals surface area contributed by atoms with Gasteiger partial charge in [-0.2, -0.15) is 5.10 Å². The quantitative estimate of drug-likeness (QED) is 0.497. The van der Waals surface area contributed by atoms with Gasteiger partial charge < -0.3 is 4.84 Å². The van der Waals surface area contributed by atoms with E-state index in [1.54, 1.807) is 14.0 Å². The molecule has 1 heterocycles. The molecule has 0 saturated heterocycles. The first kappa shape index (κ1) is 14.2. The molecule has 0 N–H and O–H groups in total. The maximum Gasteiger partial charge on any atom is 0.365 e. The van der Waals surface area contributed by atoms with Crippen LogP contribution in [-0.2, 0) is 11.9 Å². The Kier molecular flexibility index (Phi) is 4.14. The summed E-state index contributed by atoms with van der Waals surface area (Å²) in [5, 5.41) is 8.05. The first-order valence-electron chi connectivity index (χ1n) is 5.68. The Morgan fingerprint density at radius 2 is 2.10 bits per heavy atom. The fourth-order valence-electron chi connectivity index (χ4n) is 1.56. The molecule has 20 heavy (non-hydrogen) atoms. The van der Waals surface area contributed by atoms with Crippen LogP contribution in [0.3, 0.4) is 0 Å². The molecule has 0 fully saturated rings. The van der Waals surface area contributed by atoms with Gasteiger partial charge in [0.05, 0.1) is 23.0 Å². The SMILES string of the molecule is Cc1nn(C)c(Cl)c1/C=N/OC(=O)c1ccc(F)cc1. The third-order valence-corrected chi connectivity index (χ3v) is 3.04. The van der Waals surface area contributed by atoms with Crippen LogP contribution in [0.4, 0.5) is 4.39 Å². The summed E-state index contributed by atoms with van der Waals surface area (Å²) in [4.78, 5) is 16.3. The minimum absolute atomic E-state index is 0.206. The number of carbonyl (C=O) groups is 1. The van der Waals surface area contributed by atoms with Gasteiger partial charge in [-0.05, 0) is 31.2 Å². The normalized spacial score (nSPS) is 11.0. The lowest BCUT2D eigenvalue weighted by atomic mass is 10.2. The summed E-state index contributed by atoms with van der Waals surface area (Å²) in [6.07, 6.45) is 1.31. The van der Waals surface area contributed by atoms with Gasteiger partial charge in [-0.3, -0.25) is 4.68 Å². The minimum Gasteiger partial charge on any atom is -0.313 e. The van der Waals surface area contributed by atoms with Crippen LogP contribution >= 0.6 is 11.6 Å². The van der Waals surface area contributed by atoms with Crippen molar-refractivity contribution in [3.63, 3.8) is 0 Å². The highest BCUT2D eigenvalue weighted by Gasteiger charge is 2.10. The number of aromatic nitrogens is 2. The van der Waals surface area contributed by atoms with E-state index in [1.165, 1.54) is 35.2 Å². The van der Waals surface area contributed by atoms with Crippen LogP contribution < -0.4 is 0 Å². The molecule has 0 bridgehead atoms. The van der Waals surface area contributed by atoms with E-state index < -0.39 is 11.8 Å². The van der Waals surface area contributed by atoms with Crippen LogP contribution in [-0.4, -0.2) is 22.0 Å². The molecular formula is C13H11ClFN3O2. The Hall–Kier alpha value is -2.21. The molecule has 104 valence electrons. The summed E-state index contributed by atoms with van der Waals surface area (Å²) in [5.74, 6) is -1.11. The van der Waals surface area contributed by atoms with E-state index in [0.717, 1.165) is 0 Å². The molecule has 0 unspecified atom stereocenters. The Balaban J connectivity index is 2.06. The summed E-state index contributed by atoms with van der Waals surface area (Å²) in [5.41, 5.74) is 1.44. The monoisotopic (exact) mass is 295 g/mol. The summed E-state index contributed by atoms with van der Waals surface area (Å²) < 4.78 is 14.2. The first-order valence-corrected chi connectivity index (χ1v) is 6.06. The zero-order chi connectivity index (χ0) is 14.7. The van der Waals surface area contributed by atoms with Crippen molar-refractivity contribution < 1.29 is 14.0 Å². The van der Waals surface area contributed by atoms with Gasteiger partial charge >= 0.3 is 5.97 Å². The largest absolute Gasteiger partial charge is 0.365 e. The average molecular weight is 296 g/mol. The summed E-state index contributed by atoms with van der Waals surface area (Å²) in [6, 6.07) is 4.97. The molecule has 2 rings (SSSR count). The summed E-state index contributed by atoms with van der Waals surface area (Å²) >= 11 is 5.99. The highest BCUT2D eigenvalue weighted by atomic mass is 35.5. The van der Waals surface area contributed by atoms with Crippen LogP contribution in [0.2, 0.25) is 5.15 Å². The number of halogens is 2. The number of benzene rings is 1. The Morgan fingerprint density at radius 1 is 1.45 bits per heavy atom. The van der Waals surface area contributed by atoms with Crippen LogP contribution in [0.25, 0.3) is 0 Å². The second-order valence-electron chi connectivity index (χ2n) is 4.03. The molecule has 0 amide bonds. The third kappa shape index (κ3) is 3.03. The van der Waals surface area contributed by atoms with Crippen LogP contribution in [0.5, 0.6) is 0 Å². The number of oxime groups is 1. The molecule has 0 aliphatic rings. The molecule has 2 aromatic rings. The van der Waals surface area contributed by atoms with E-state index in [4.69, 9.17) is 16.4 Å². The second kappa shape index (κ2) is 5.83. The summed E-state index contributed by atoms with van der Waals surface area (Å²) in [7, 11) is 1.69. The number of aryl methyl sites for hydroxylation is 2. The zero-order valence-corrected chi connectivity index (χ0v) is 11.6. The second-order valence-corrected chi connectivity index (χ2v) is 4.39. The molecule has 0 aliphatic heterocycles. The van der Waals surface area contributed by atoms with E-state index in [2.05, 4.69) is 10.3 Å². The number of nitrogens with zero attached hydrogens (tertiary/aromatic N) is 3. The fourth-order valence-corrected chi connectivity index (χ4v) is 1.78. The molecule has 1 aromatic heterocycles. The van der Waals surface area contributed by atoms with Crippen molar-refractivity contribution in [2.45, 2.75) is 6.92 Å². The molecule has 0 spiro atoms. The first-order chi connectivity index (χ1) is 9.49. The van der Waals surface area contributed by atoms with Crippen LogP contribution in [0.15, 0.2) is 29.4 Å². The van der Waals surface area contributed by atoms with Crippen LogP contribution in [0, 0.1) is 12.7 Å². The molecule has 7 heteroatoms. The van der Waals surface area contributed by atoms with Crippen molar-refractivity contribution in [2.24, 2.45) is 12.2 Å². The lowest BCUT2D eigenvalue weighted by molar-refractivity contribution is 0.0519. The standard InChI is InChI=1S/C13H11ClFN3O2/c1-8-11(12(14)18(2)17-8)7-16-20-13(19)9-3-5-10(15)6-4-9/h3-7H,1-2H3/b16-7+. The Morgan fingerprint density at radius 3 is 2.65 bits per heavy atom. The lowest BCUT2D eigenvalue weighted by Crippen LogP contribution is -2.01. The molecular weight excluding hydrogens is 285 g/mol. The van der Waals surface area contributed by atoms with Gasteiger partial charge in [0.2, 0.25) is 0 Å². The summed E-state index contributed by atoms with van der Waals surface area (Å²) in [6.45, 7) is 1.76. The van der Waals surface area contributed by atoms with Crippen molar-refractivity contribution in [2.75, 3.05) is 0 Å². The number of carbonyl (C=O) groups excluding carboxylic acids is 1. The molecule has 5 nitrogen and oxygen atoms in total. The van der Waals surface area contributed by atoms with Crippen LogP contribution in [0.1, 0.15) is 21.6 Å². The predicted octanol–water partition coefficient (Wildman–Crippen LogP) is 2.71. The molecule has 0 saturated carbocycles. The number of hydrogen-bond donors (Lipinski definition) is 0.